The van der Waals surface area contributed by atoms with Gasteiger partial charge in [0.2, 0.25) is 0 Å². The second kappa shape index (κ2) is 9.21. The molecule has 3 fully saturated rings. The highest BCUT2D eigenvalue weighted by Crippen LogP contribution is 2.43. The zero-order valence-corrected chi connectivity index (χ0v) is 18.3. The molecule has 1 aromatic carbocycles. The maximum Gasteiger partial charge on any atom is 0.128 e. The Hall–Kier alpha value is -2.05. The third-order valence-electron chi connectivity index (χ3n) is 7.44. The fraction of sp³-hybridized carbons (Fsp3) is 0.600. The Morgan fingerprint density at radius 1 is 1.03 bits per heavy atom. The van der Waals surface area contributed by atoms with Crippen molar-refractivity contribution in [2.45, 2.75) is 32.1 Å². The van der Waals surface area contributed by atoms with Gasteiger partial charge in [-0.1, -0.05) is 0 Å². The summed E-state index contributed by atoms with van der Waals surface area (Å²) < 4.78 is 24.5. The molecule has 2 aromatic rings. The molecule has 2 aliphatic heterocycles. The summed E-state index contributed by atoms with van der Waals surface area (Å²) >= 11 is 0. The van der Waals surface area contributed by atoms with Crippen LogP contribution in [0.3, 0.4) is 0 Å². The van der Waals surface area contributed by atoms with Gasteiger partial charge in [-0.25, -0.2) is 4.39 Å². The number of likely N-dealkylation sites (tertiary alicyclic amines) is 1. The van der Waals surface area contributed by atoms with Crippen molar-refractivity contribution >= 4 is 0 Å². The molecule has 166 valence electrons. The van der Waals surface area contributed by atoms with E-state index < -0.39 is 0 Å². The van der Waals surface area contributed by atoms with Gasteiger partial charge in [-0.2, -0.15) is 10.2 Å². The first-order valence-electron chi connectivity index (χ1n) is 11.6. The van der Waals surface area contributed by atoms with Gasteiger partial charge in [-0.05, 0) is 86.1 Å². The van der Waals surface area contributed by atoms with Crippen LogP contribution in [0.25, 0.3) is 11.3 Å². The van der Waals surface area contributed by atoms with E-state index in [0.717, 1.165) is 43.1 Å². The number of ether oxygens (including phenoxy) is 2. The van der Waals surface area contributed by atoms with Crippen LogP contribution in [0.15, 0.2) is 30.3 Å². The molecule has 1 saturated carbocycles. The molecule has 0 amide bonds. The molecule has 2 saturated heterocycles. The molecular weight excluding hydrogens is 393 g/mol. The lowest BCUT2D eigenvalue weighted by Gasteiger charge is -2.27. The molecule has 3 aliphatic rings. The minimum Gasteiger partial charge on any atom is -0.496 e. The topological polar surface area (TPSA) is 47.5 Å². The summed E-state index contributed by atoms with van der Waals surface area (Å²) in [4.78, 5) is 2.71. The highest BCUT2D eigenvalue weighted by molar-refractivity contribution is 5.66. The first kappa shape index (κ1) is 20.8. The summed E-state index contributed by atoms with van der Waals surface area (Å²) in [6.07, 6.45) is 6.04. The molecule has 1 aliphatic carbocycles. The summed E-state index contributed by atoms with van der Waals surface area (Å²) in [7, 11) is 1.58. The molecule has 0 bridgehead atoms. The van der Waals surface area contributed by atoms with Crippen LogP contribution in [-0.2, 0) is 11.2 Å². The van der Waals surface area contributed by atoms with E-state index in [2.05, 4.69) is 15.1 Å². The van der Waals surface area contributed by atoms with Gasteiger partial charge >= 0.3 is 0 Å². The SMILES string of the molecule is COc1ccc(F)cc1-c1ccc(CC2C[C@@H]3CN(CC4CCOCC4)C[C@@H]3C2)nn1. The average molecular weight is 426 g/mol. The Morgan fingerprint density at radius 2 is 1.81 bits per heavy atom. The number of aromatic nitrogens is 2. The second-order valence-electron chi connectivity index (χ2n) is 9.59. The Labute approximate surface area is 184 Å². The van der Waals surface area contributed by atoms with Crippen LogP contribution in [0, 0.1) is 29.5 Å². The highest BCUT2D eigenvalue weighted by atomic mass is 19.1. The van der Waals surface area contributed by atoms with Gasteiger partial charge in [0.1, 0.15) is 11.6 Å². The van der Waals surface area contributed by atoms with E-state index in [1.54, 1.807) is 13.2 Å². The standard InChI is InChI=1S/C25H32FN3O2/c1-30-25-5-2-21(26)13-23(25)24-4-3-22(27-28-24)12-18-10-19-15-29(16-20(19)11-18)14-17-6-8-31-9-7-17/h2-5,13,17-20H,6-12,14-16H2,1H3/t18?,19-,20+. The summed E-state index contributed by atoms with van der Waals surface area (Å²) in [6.45, 7) is 5.68. The van der Waals surface area contributed by atoms with E-state index >= 15 is 0 Å². The lowest BCUT2D eigenvalue weighted by molar-refractivity contribution is 0.0544. The van der Waals surface area contributed by atoms with E-state index in [4.69, 9.17) is 9.47 Å². The predicted molar refractivity (Wildman–Crippen MR) is 117 cm³/mol. The highest BCUT2D eigenvalue weighted by Gasteiger charge is 2.41. The molecule has 6 heteroatoms. The van der Waals surface area contributed by atoms with Crippen molar-refractivity contribution in [2.24, 2.45) is 23.7 Å². The lowest BCUT2D eigenvalue weighted by atomic mass is 9.98. The van der Waals surface area contributed by atoms with Crippen molar-refractivity contribution in [3.05, 3.63) is 41.8 Å². The number of hydrogen-bond donors (Lipinski definition) is 0. The maximum absolute atomic E-state index is 13.7. The molecule has 1 aromatic heterocycles. The van der Waals surface area contributed by atoms with E-state index in [9.17, 15) is 4.39 Å². The quantitative estimate of drug-likeness (QED) is 0.694. The number of fused-ring (bicyclic) bond motifs is 1. The van der Waals surface area contributed by atoms with Gasteiger partial charge in [-0.3, -0.25) is 0 Å². The Bertz CT molecular complexity index is 871. The number of rotatable bonds is 6. The Kier molecular flexibility index (Phi) is 6.19. The molecule has 0 spiro atoms. The zero-order valence-electron chi connectivity index (χ0n) is 18.3. The fourth-order valence-corrected chi connectivity index (χ4v) is 5.92. The number of halogens is 1. The van der Waals surface area contributed by atoms with E-state index in [1.165, 1.54) is 57.5 Å². The van der Waals surface area contributed by atoms with E-state index in [0.29, 0.717) is 22.9 Å². The Balaban J connectivity index is 1.15. The summed E-state index contributed by atoms with van der Waals surface area (Å²) in [5.41, 5.74) is 2.32. The van der Waals surface area contributed by atoms with Crippen LogP contribution >= 0.6 is 0 Å². The van der Waals surface area contributed by atoms with Gasteiger partial charge in [0.05, 0.1) is 18.5 Å². The number of nitrogens with zero attached hydrogens (tertiary/aromatic N) is 3. The van der Waals surface area contributed by atoms with Gasteiger partial charge in [0.25, 0.3) is 0 Å². The molecule has 3 atom stereocenters. The molecule has 31 heavy (non-hydrogen) atoms. The predicted octanol–water partition coefficient (Wildman–Crippen LogP) is 4.22. The smallest absolute Gasteiger partial charge is 0.128 e. The molecule has 3 heterocycles. The number of hydrogen-bond acceptors (Lipinski definition) is 5. The monoisotopic (exact) mass is 425 g/mol. The van der Waals surface area contributed by atoms with Crippen molar-refractivity contribution in [3.63, 3.8) is 0 Å². The molecule has 1 unspecified atom stereocenters. The molecule has 5 rings (SSSR count). The molecule has 5 nitrogen and oxygen atoms in total. The van der Waals surface area contributed by atoms with Crippen molar-refractivity contribution in [1.29, 1.82) is 0 Å². The van der Waals surface area contributed by atoms with Crippen LogP contribution in [-0.4, -0.2) is 55.1 Å². The minimum absolute atomic E-state index is 0.301. The molecular formula is C25H32FN3O2. The largest absolute Gasteiger partial charge is 0.496 e. The van der Waals surface area contributed by atoms with E-state index in [1.807, 2.05) is 12.1 Å². The van der Waals surface area contributed by atoms with Crippen LogP contribution < -0.4 is 4.74 Å². The van der Waals surface area contributed by atoms with Gasteiger partial charge < -0.3 is 14.4 Å². The van der Waals surface area contributed by atoms with Gasteiger partial charge in [0, 0.05) is 38.4 Å². The van der Waals surface area contributed by atoms with Crippen molar-refractivity contribution in [2.75, 3.05) is 40.0 Å². The van der Waals surface area contributed by atoms with Crippen LogP contribution in [0.5, 0.6) is 5.75 Å². The van der Waals surface area contributed by atoms with Crippen LogP contribution in [0.1, 0.15) is 31.4 Å². The lowest BCUT2D eigenvalue weighted by Crippen LogP contribution is -2.31. The second-order valence-corrected chi connectivity index (χ2v) is 9.59. The van der Waals surface area contributed by atoms with Crippen molar-refractivity contribution in [1.82, 2.24) is 15.1 Å². The first-order chi connectivity index (χ1) is 15.2. The van der Waals surface area contributed by atoms with Gasteiger partial charge in [0.15, 0.2) is 0 Å². The summed E-state index contributed by atoms with van der Waals surface area (Å²) in [5.74, 6) is 3.52. The fourth-order valence-electron chi connectivity index (χ4n) is 5.92. The van der Waals surface area contributed by atoms with Gasteiger partial charge in [-0.15, -0.1) is 0 Å². The normalized spacial score (nSPS) is 26.8. The van der Waals surface area contributed by atoms with Crippen LogP contribution in [0.2, 0.25) is 0 Å². The van der Waals surface area contributed by atoms with Crippen molar-refractivity contribution < 1.29 is 13.9 Å². The van der Waals surface area contributed by atoms with E-state index in [-0.39, 0.29) is 5.82 Å². The maximum atomic E-state index is 13.7. The number of methoxy groups -OCH3 is 1. The third kappa shape index (κ3) is 4.75. The summed E-state index contributed by atoms with van der Waals surface area (Å²) in [5, 5.41) is 8.83. The third-order valence-corrected chi connectivity index (χ3v) is 7.44. The Morgan fingerprint density at radius 3 is 2.48 bits per heavy atom. The summed E-state index contributed by atoms with van der Waals surface area (Å²) in [6, 6.07) is 8.45. The average Bonchev–Trinajstić information content (AvgIpc) is 3.33. The molecule has 0 N–H and O–H groups in total. The molecule has 0 radical (unpaired) electrons. The first-order valence-corrected chi connectivity index (χ1v) is 11.6. The minimum atomic E-state index is -0.301. The zero-order chi connectivity index (χ0) is 21.2. The van der Waals surface area contributed by atoms with Crippen LogP contribution in [0.4, 0.5) is 4.39 Å². The van der Waals surface area contributed by atoms with Crippen molar-refractivity contribution in [3.8, 4) is 17.0 Å². The number of benzene rings is 1.